The first-order valence-electron chi connectivity index (χ1n) is 8.11. The van der Waals surface area contributed by atoms with Gasteiger partial charge in [0.1, 0.15) is 0 Å². The molecule has 3 aromatic rings. The van der Waals surface area contributed by atoms with Gasteiger partial charge in [0.2, 0.25) is 0 Å². The number of halogens is 2. The second kappa shape index (κ2) is 9.09. The molecule has 0 saturated heterocycles. The van der Waals surface area contributed by atoms with Crippen LogP contribution in [0.25, 0.3) is 0 Å². The summed E-state index contributed by atoms with van der Waals surface area (Å²) < 4.78 is 0. The predicted molar refractivity (Wildman–Crippen MR) is 115 cm³/mol. The highest BCUT2D eigenvalue weighted by molar-refractivity contribution is 8.02. The van der Waals surface area contributed by atoms with Gasteiger partial charge in [-0.2, -0.15) is 0 Å². The SMILES string of the molecule is Cc1ccc(C(C=CSc2ccc(Cl)cc2Cl)=Nc2ccccc2)cc1. The topological polar surface area (TPSA) is 12.4 Å². The maximum Gasteiger partial charge on any atom is 0.0714 e. The van der Waals surface area contributed by atoms with E-state index in [9.17, 15) is 0 Å². The van der Waals surface area contributed by atoms with Gasteiger partial charge >= 0.3 is 0 Å². The molecule has 0 radical (unpaired) electrons. The Morgan fingerprint density at radius 3 is 2.35 bits per heavy atom. The fraction of sp³-hybridized carbons (Fsp3) is 0.0455. The van der Waals surface area contributed by atoms with Gasteiger partial charge in [-0.1, -0.05) is 83.0 Å². The van der Waals surface area contributed by atoms with Gasteiger partial charge in [-0.15, -0.1) is 0 Å². The second-order valence-corrected chi connectivity index (χ2v) is 7.49. The van der Waals surface area contributed by atoms with Crippen LogP contribution in [0.1, 0.15) is 11.1 Å². The quantitative estimate of drug-likeness (QED) is 0.316. The summed E-state index contributed by atoms with van der Waals surface area (Å²) in [4.78, 5) is 5.74. The molecule has 0 spiro atoms. The van der Waals surface area contributed by atoms with Gasteiger partial charge in [-0.3, -0.25) is 0 Å². The largest absolute Gasteiger partial charge is 0.248 e. The molecular weight excluding hydrogens is 381 g/mol. The minimum absolute atomic E-state index is 0.634. The van der Waals surface area contributed by atoms with Crippen LogP contribution >= 0.6 is 35.0 Å². The number of nitrogens with zero attached hydrogens (tertiary/aromatic N) is 1. The van der Waals surface area contributed by atoms with Crippen LogP contribution in [0.3, 0.4) is 0 Å². The number of allylic oxidation sites excluding steroid dienone is 1. The van der Waals surface area contributed by atoms with Crippen molar-refractivity contribution in [2.45, 2.75) is 11.8 Å². The molecule has 0 N–H and O–H groups in total. The van der Waals surface area contributed by atoms with E-state index in [0.29, 0.717) is 10.0 Å². The molecule has 0 fully saturated rings. The van der Waals surface area contributed by atoms with Crippen LogP contribution in [0.2, 0.25) is 10.0 Å². The summed E-state index contributed by atoms with van der Waals surface area (Å²) in [6, 6.07) is 23.8. The van der Waals surface area contributed by atoms with Crippen LogP contribution in [-0.2, 0) is 0 Å². The molecule has 0 heterocycles. The van der Waals surface area contributed by atoms with Crippen LogP contribution in [0.5, 0.6) is 0 Å². The third-order valence-electron chi connectivity index (χ3n) is 3.67. The first-order chi connectivity index (χ1) is 12.6. The van der Waals surface area contributed by atoms with Crippen LogP contribution < -0.4 is 0 Å². The molecule has 3 rings (SSSR count). The molecule has 1 nitrogen and oxygen atoms in total. The Balaban J connectivity index is 1.88. The molecule has 0 atom stereocenters. The molecule has 0 unspecified atom stereocenters. The van der Waals surface area contributed by atoms with E-state index in [1.54, 1.807) is 17.8 Å². The van der Waals surface area contributed by atoms with Crippen LogP contribution in [-0.4, -0.2) is 5.71 Å². The Hall–Kier alpha value is -2.00. The normalized spacial score (nSPS) is 11.9. The molecule has 0 aromatic heterocycles. The lowest BCUT2D eigenvalue weighted by molar-refractivity contribution is 1.45. The molecule has 0 bridgehead atoms. The van der Waals surface area contributed by atoms with Gasteiger partial charge < -0.3 is 0 Å². The van der Waals surface area contributed by atoms with Crippen LogP contribution in [0.15, 0.2) is 94.2 Å². The van der Waals surface area contributed by atoms with Gasteiger partial charge in [0.05, 0.1) is 16.4 Å². The summed E-state index contributed by atoms with van der Waals surface area (Å²) >= 11 is 13.7. The molecule has 3 aromatic carbocycles. The number of benzene rings is 3. The lowest BCUT2D eigenvalue weighted by atomic mass is 10.1. The van der Waals surface area contributed by atoms with E-state index < -0.39 is 0 Å². The number of aliphatic imine (C=N–C) groups is 1. The Morgan fingerprint density at radius 2 is 1.65 bits per heavy atom. The average Bonchev–Trinajstić information content (AvgIpc) is 2.64. The summed E-state index contributed by atoms with van der Waals surface area (Å²) in [5.41, 5.74) is 4.11. The summed E-state index contributed by atoms with van der Waals surface area (Å²) in [6.07, 6.45) is 2.01. The van der Waals surface area contributed by atoms with E-state index in [0.717, 1.165) is 21.9 Å². The summed E-state index contributed by atoms with van der Waals surface area (Å²) in [7, 11) is 0. The highest BCUT2D eigenvalue weighted by atomic mass is 35.5. The summed E-state index contributed by atoms with van der Waals surface area (Å²) in [5.74, 6) is 0. The van der Waals surface area contributed by atoms with Crippen LogP contribution in [0, 0.1) is 6.92 Å². The van der Waals surface area contributed by atoms with Gasteiger partial charge in [-0.05, 0) is 48.7 Å². The molecule has 4 heteroatoms. The van der Waals surface area contributed by atoms with Crippen molar-refractivity contribution in [1.29, 1.82) is 0 Å². The first kappa shape index (κ1) is 18.8. The smallest absolute Gasteiger partial charge is 0.0714 e. The number of aryl methyl sites for hydroxylation is 1. The van der Waals surface area contributed by atoms with Crippen LogP contribution in [0.4, 0.5) is 5.69 Å². The van der Waals surface area contributed by atoms with Crippen molar-refractivity contribution in [3.05, 3.63) is 105 Å². The van der Waals surface area contributed by atoms with E-state index in [4.69, 9.17) is 28.2 Å². The lowest BCUT2D eigenvalue weighted by Gasteiger charge is -2.04. The number of para-hydroxylation sites is 1. The molecule has 0 aliphatic rings. The zero-order chi connectivity index (χ0) is 18.4. The number of hydrogen-bond acceptors (Lipinski definition) is 2. The maximum atomic E-state index is 6.24. The van der Waals surface area contributed by atoms with Gasteiger partial charge in [-0.25, -0.2) is 4.99 Å². The van der Waals surface area contributed by atoms with Crippen molar-refractivity contribution in [3.8, 4) is 0 Å². The van der Waals surface area contributed by atoms with E-state index in [1.165, 1.54) is 5.56 Å². The van der Waals surface area contributed by atoms with E-state index >= 15 is 0 Å². The standard InChI is InChI=1S/C22H17Cl2NS/c1-16-7-9-17(10-8-16)21(25-19-5-3-2-4-6-19)13-14-26-22-12-11-18(23)15-20(22)24/h2-15H,1H3. The second-order valence-electron chi connectivity index (χ2n) is 5.69. The van der Waals surface area contributed by atoms with Gasteiger partial charge in [0.15, 0.2) is 0 Å². The molecule has 26 heavy (non-hydrogen) atoms. The Bertz CT molecular complexity index is 932. The van der Waals surface area contributed by atoms with Crippen molar-refractivity contribution < 1.29 is 0 Å². The molecule has 0 amide bonds. The first-order valence-corrected chi connectivity index (χ1v) is 9.74. The van der Waals surface area contributed by atoms with Gasteiger partial charge in [0.25, 0.3) is 0 Å². The average molecular weight is 398 g/mol. The molecule has 0 aliphatic heterocycles. The van der Waals surface area contributed by atoms with E-state index in [-0.39, 0.29) is 0 Å². The molecule has 0 aliphatic carbocycles. The minimum Gasteiger partial charge on any atom is -0.248 e. The summed E-state index contributed by atoms with van der Waals surface area (Å²) in [5, 5.41) is 3.27. The fourth-order valence-corrected chi connectivity index (χ4v) is 3.51. The predicted octanol–water partition coefficient (Wildman–Crippen LogP) is 7.73. The Morgan fingerprint density at radius 1 is 0.923 bits per heavy atom. The maximum absolute atomic E-state index is 6.24. The molecular formula is C22H17Cl2NS. The molecule has 0 saturated carbocycles. The molecule has 130 valence electrons. The van der Waals surface area contributed by atoms with Crippen molar-refractivity contribution in [3.63, 3.8) is 0 Å². The monoisotopic (exact) mass is 397 g/mol. The lowest BCUT2D eigenvalue weighted by Crippen LogP contribution is -1.96. The zero-order valence-electron chi connectivity index (χ0n) is 14.2. The van der Waals surface area contributed by atoms with Crippen molar-refractivity contribution in [1.82, 2.24) is 0 Å². The highest BCUT2D eigenvalue weighted by Crippen LogP contribution is 2.30. The number of rotatable bonds is 5. The van der Waals surface area contributed by atoms with Crippen molar-refractivity contribution in [2.24, 2.45) is 4.99 Å². The Labute approximate surface area is 168 Å². The number of hydrogen-bond donors (Lipinski definition) is 0. The third-order valence-corrected chi connectivity index (χ3v) is 5.21. The highest BCUT2D eigenvalue weighted by Gasteiger charge is 2.03. The number of thioether (sulfide) groups is 1. The zero-order valence-corrected chi connectivity index (χ0v) is 16.5. The minimum atomic E-state index is 0.634. The van der Waals surface area contributed by atoms with Gasteiger partial charge in [0, 0.05) is 15.5 Å². The Kier molecular flexibility index (Phi) is 6.56. The van der Waals surface area contributed by atoms with Crippen molar-refractivity contribution in [2.75, 3.05) is 0 Å². The van der Waals surface area contributed by atoms with E-state index in [2.05, 4.69) is 31.2 Å². The van der Waals surface area contributed by atoms with Crippen molar-refractivity contribution >= 4 is 46.4 Å². The fourth-order valence-electron chi connectivity index (χ4n) is 2.31. The van der Waals surface area contributed by atoms with E-state index in [1.807, 2.05) is 53.9 Å². The summed E-state index contributed by atoms with van der Waals surface area (Å²) in [6.45, 7) is 2.08. The third kappa shape index (κ3) is 5.25.